The Balaban J connectivity index is 1.40. The van der Waals surface area contributed by atoms with Gasteiger partial charge in [0.25, 0.3) is 0 Å². The van der Waals surface area contributed by atoms with Gasteiger partial charge in [0.15, 0.2) is 0 Å². The summed E-state index contributed by atoms with van der Waals surface area (Å²) in [5.41, 5.74) is 3.14. The molecule has 1 amide bonds. The molecule has 0 saturated carbocycles. The van der Waals surface area contributed by atoms with Crippen LogP contribution in [0.3, 0.4) is 0 Å². The second-order valence-corrected chi connectivity index (χ2v) is 6.90. The van der Waals surface area contributed by atoms with Gasteiger partial charge in [0.05, 0.1) is 12.6 Å². The number of hydrogen-bond donors (Lipinski definition) is 1. The largest absolute Gasteiger partial charge is 0.325 e. The highest BCUT2D eigenvalue weighted by Crippen LogP contribution is 2.22. The summed E-state index contributed by atoms with van der Waals surface area (Å²) in [7, 11) is 0. The molecule has 0 radical (unpaired) electrons. The SMILES string of the molecule is O=C(Nc1cccc(Cn2cncn2)c1)C1CCCN1Cc1ccccc1. The lowest BCUT2D eigenvalue weighted by molar-refractivity contribution is -0.120. The fraction of sp³-hybridized carbons (Fsp3) is 0.286. The lowest BCUT2D eigenvalue weighted by atomic mass is 10.1. The highest BCUT2D eigenvalue weighted by atomic mass is 16.2. The standard InChI is InChI=1S/C21H23N5O/c27-21(20-10-5-11-25(20)13-17-6-2-1-3-7-17)24-19-9-4-8-18(12-19)14-26-16-22-15-23-26/h1-4,6-9,12,15-16,20H,5,10-11,13-14H2,(H,24,27). The number of carbonyl (C=O) groups is 1. The zero-order chi connectivity index (χ0) is 18.5. The van der Waals surface area contributed by atoms with Crippen molar-refractivity contribution >= 4 is 11.6 Å². The molecule has 1 saturated heterocycles. The third-order valence-electron chi connectivity index (χ3n) is 4.90. The highest BCUT2D eigenvalue weighted by molar-refractivity contribution is 5.95. The summed E-state index contributed by atoms with van der Waals surface area (Å²) >= 11 is 0. The highest BCUT2D eigenvalue weighted by Gasteiger charge is 2.30. The number of carbonyl (C=O) groups excluding carboxylic acids is 1. The molecule has 0 spiro atoms. The number of benzene rings is 2. The summed E-state index contributed by atoms with van der Waals surface area (Å²) in [6, 6.07) is 18.2. The molecule has 2 aromatic carbocycles. The molecule has 1 unspecified atom stereocenters. The molecule has 1 aromatic heterocycles. The number of rotatable bonds is 6. The first-order chi connectivity index (χ1) is 13.3. The van der Waals surface area contributed by atoms with Gasteiger partial charge in [0.2, 0.25) is 5.91 Å². The average molecular weight is 361 g/mol. The predicted octanol–water partition coefficient (Wildman–Crippen LogP) is 2.93. The van der Waals surface area contributed by atoms with Gasteiger partial charge in [0.1, 0.15) is 12.7 Å². The quantitative estimate of drug-likeness (QED) is 0.733. The van der Waals surface area contributed by atoms with Crippen LogP contribution in [0, 0.1) is 0 Å². The van der Waals surface area contributed by atoms with Gasteiger partial charge in [-0.25, -0.2) is 9.67 Å². The number of hydrogen-bond acceptors (Lipinski definition) is 4. The Labute approximate surface area is 158 Å². The molecule has 3 aromatic rings. The van der Waals surface area contributed by atoms with E-state index < -0.39 is 0 Å². The minimum atomic E-state index is -0.0795. The molecule has 1 N–H and O–H groups in total. The van der Waals surface area contributed by atoms with Crippen molar-refractivity contribution in [2.75, 3.05) is 11.9 Å². The Morgan fingerprint density at radius 3 is 2.74 bits per heavy atom. The summed E-state index contributed by atoms with van der Waals surface area (Å²) in [6.07, 6.45) is 5.16. The van der Waals surface area contributed by atoms with E-state index in [1.807, 2.05) is 42.5 Å². The van der Waals surface area contributed by atoms with E-state index in [1.54, 1.807) is 11.0 Å². The third-order valence-corrected chi connectivity index (χ3v) is 4.90. The molecule has 0 bridgehead atoms. The molecular formula is C21H23N5O. The number of anilines is 1. The molecule has 6 heteroatoms. The zero-order valence-electron chi connectivity index (χ0n) is 15.2. The smallest absolute Gasteiger partial charge is 0.241 e. The lowest BCUT2D eigenvalue weighted by Gasteiger charge is -2.23. The molecule has 138 valence electrons. The van der Waals surface area contributed by atoms with Gasteiger partial charge in [-0.3, -0.25) is 9.69 Å². The molecule has 1 aliphatic heterocycles. The van der Waals surface area contributed by atoms with Gasteiger partial charge in [-0.15, -0.1) is 0 Å². The molecule has 1 fully saturated rings. The van der Waals surface area contributed by atoms with E-state index in [0.717, 1.165) is 37.2 Å². The van der Waals surface area contributed by atoms with Crippen LogP contribution in [0.25, 0.3) is 0 Å². The summed E-state index contributed by atoms with van der Waals surface area (Å²) in [5.74, 6) is 0.0707. The van der Waals surface area contributed by atoms with Crippen LogP contribution in [-0.4, -0.2) is 38.2 Å². The monoisotopic (exact) mass is 361 g/mol. The van der Waals surface area contributed by atoms with Gasteiger partial charge in [-0.1, -0.05) is 42.5 Å². The maximum atomic E-state index is 12.9. The van der Waals surface area contributed by atoms with Crippen LogP contribution >= 0.6 is 0 Å². The van der Waals surface area contributed by atoms with Crippen molar-refractivity contribution < 1.29 is 4.79 Å². The molecule has 4 rings (SSSR count). The van der Waals surface area contributed by atoms with Crippen molar-refractivity contribution in [1.29, 1.82) is 0 Å². The first kappa shape index (κ1) is 17.4. The Morgan fingerprint density at radius 2 is 1.93 bits per heavy atom. The minimum Gasteiger partial charge on any atom is -0.325 e. The van der Waals surface area contributed by atoms with E-state index in [4.69, 9.17) is 0 Å². The third kappa shape index (κ3) is 4.41. The van der Waals surface area contributed by atoms with E-state index in [-0.39, 0.29) is 11.9 Å². The number of aromatic nitrogens is 3. The maximum absolute atomic E-state index is 12.9. The molecule has 27 heavy (non-hydrogen) atoms. The Kier molecular flexibility index (Phi) is 5.25. The van der Waals surface area contributed by atoms with Crippen molar-refractivity contribution in [3.8, 4) is 0 Å². The summed E-state index contributed by atoms with van der Waals surface area (Å²) in [4.78, 5) is 19.1. The average Bonchev–Trinajstić information content (AvgIpc) is 3.35. The number of likely N-dealkylation sites (tertiary alicyclic amines) is 1. The van der Waals surface area contributed by atoms with Crippen LogP contribution in [0.5, 0.6) is 0 Å². The topological polar surface area (TPSA) is 63.1 Å². The zero-order valence-corrected chi connectivity index (χ0v) is 15.2. The molecule has 2 heterocycles. The van der Waals surface area contributed by atoms with E-state index >= 15 is 0 Å². The molecule has 1 aliphatic rings. The Morgan fingerprint density at radius 1 is 1.07 bits per heavy atom. The van der Waals surface area contributed by atoms with Gasteiger partial charge < -0.3 is 5.32 Å². The van der Waals surface area contributed by atoms with Crippen LogP contribution < -0.4 is 5.32 Å². The molecule has 1 atom stereocenters. The van der Waals surface area contributed by atoms with Crippen molar-refractivity contribution in [3.63, 3.8) is 0 Å². The minimum absolute atomic E-state index is 0.0707. The van der Waals surface area contributed by atoms with Crippen molar-refractivity contribution in [2.45, 2.75) is 32.0 Å². The molecule has 6 nitrogen and oxygen atoms in total. The van der Waals surface area contributed by atoms with Gasteiger partial charge in [0, 0.05) is 12.2 Å². The normalized spacial score (nSPS) is 17.1. The van der Waals surface area contributed by atoms with Crippen molar-refractivity contribution in [3.05, 3.63) is 78.4 Å². The Bertz CT molecular complexity index is 879. The first-order valence-corrected chi connectivity index (χ1v) is 9.28. The number of nitrogens with one attached hydrogen (secondary N) is 1. The number of nitrogens with zero attached hydrogens (tertiary/aromatic N) is 4. The van der Waals surface area contributed by atoms with Crippen LogP contribution in [0.1, 0.15) is 24.0 Å². The van der Waals surface area contributed by atoms with E-state index in [2.05, 4.69) is 32.4 Å². The summed E-state index contributed by atoms with van der Waals surface area (Å²) in [5, 5.41) is 7.22. The fourth-order valence-corrected chi connectivity index (χ4v) is 3.60. The fourth-order valence-electron chi connectivity index (χ4n) is 3.60. The van der Waals surface area contributed by atoms with Crippen LogP contribution in [0.2, 0.25) is 0 Å². The lowest BCUT2D eigenvalue weighted by Crippen LogP contribution is -2.39. The van der Waals surface area contributed by atoms with Gasteiger partial charge in [-0.2, -0.15) is 5.10 Å². The predicted molar refractivity (Wildman–Crippen MR) is 104 cm³/mol. The summed E-state index contributed by atoms with van der Waals surface area (Å²) < 4.78 is 1.76. The van der Waals surface area contributed by atoms with E-state index in [0.29, 0.717) is 6.54 Å². The van der Waals surface area contributed by atoms with Crippen molar-refractivity contribution in [2.24, 2.45) is 0 Å². The van der Waals surface area contributed by atoms with Crippen LogP contribution in [0.15, 0.2) is 67.3 Å². The maximum Gasteiger partial charge on any atom is 0.241 e. The molecule has 0 aliphatic carbocycles. The number of amides is 1. The second-order valence-electron chi connectivity index (χ2n) is 6.90. The van der Waals surface area contributed by atoms with Crippen LogP contribution in [-0.2, 0) is 17.9 Å². The summed E-state index contributed by atoms with van der Waals surface area (Å²) in [6.45, 7) is 2.40. The van der Waals surface area contributed by atoms with Gasteiger partial charge in [-0.05, 0) is 42.6 Å². The van der Waals surface area contributed by atoms with Gasteiger partial charge >= 0.3 is 0 Å². The molecular weight excluding hydrogens is 338 g/mol. The van der Waals surface area contributed by atoms with Crippen molar-refractivity contribution in [1.82, 2.24) is 19.7 Å². The first-order valence-electron chi connectivity index (χ1n) is 9.28. The van der Waals surface area contributed by atoms with E-state index in [9.17, 15) is 4.79 Å². The van der Waals surface area contributed by atoms with E-state index in [1.165, 1.54) is 11.9 Å². The van der Waals surface area contributed by atoms with Crippen LogP contribution in [0.4, 0.5) is 5.69 Å². The second kappa shape index (κ2) is 8.14. The Hall–Kier alpha value is -2.99.